The number of carbonyl (C=O) groups is 3. The maximum atomic E-state index is 12.9. The first-order valence-corrected chi connectivity index (χ1v) is 9.32. The number of rotatable bonds is 3. The monoisotopic (exact) mass is 363 g/mol. The van der Waals surface area contributed by atoms with Crippen LogP contribution in [-0.4, -0.2) is 17.8 Å². The largest absolute Gasteiger partial charge is 0.421 e. The van der Waals surface area contributed by atoms with Crippen LogP contribution in [0.2, 0.25) is 0 Å². The van der Waals surface area contributed by atoms with Crippen molar-refractivity contribution >= 4 is 23.5 Å². The number of esters is 1. The van der Waals surface area contributed by atoms with Crippen molar-refractivity contribution in [3.8, 4) is 5.75 Å². The Morgan fingerprint density at radius 2 is 1.52 bits per heavy atom. The van der Waals surface area contributed by atoms with Crippen molar-refractivity contribution in [3.05, 3.63) is 59.7 Å². The van der Waals surface area contributed by atoms with Crippen LogP contribution in [0.5, 0.6) is 5.75 Å². The summed E-state index contributed by atoms with van der Waals surface area (Å²) in [5, 5.41) is 0. The number of benzene rings is 2. The number of anilines is 1. The summed E-state index contributed by atoms with van der Waals surface area (Å²) in [6.07, 6.45) is 3.43. The van der Waals surface area contributed by atoms with Crippen LogP contribution in [0.25, 0.3) is 0 Å². The van der Waals surface area contributed by atoms with Crippen LogP contribution in [0.4, 0.5) is 5.69 Å². The molecule has 1 aliphatic heterocycles. The Kier molecular flexibility index (Phi) is 4.52. The van der Waals surface area contributed by atoms with E-state index in [0.717, 1.165) is 31.2 Å². The fraction of sp³-hybridized carbons (Fsp3) is 0.318. The minimum absolute atomic E-state index is 0.177. The molecule has 27 heavy (non-hydrogen) atoms. The summed E-state index contributed by atoms with van der Waals surface area (Å²) in [5.41, 5.74) is 1.81. The van der Waals surface area contributed by atoms with Crippen molar-refractivity contribution in [1.82, 2.24) is 0 Å². The van der Waals surface area contributed by atoms with Gasteiger partial charge in [0.25, 0.3) is 0 Å². The average Bonchev–Trinajstić information content (AvgIpc) is 2.94. The van der Waals surface area contributed by atoms with E-state index in [9.17, 15) is 14.4 Å². The lowest BCUT2D eigenvalue weighted by atomic mass is 9.81. The molecule has 0 radical (unpaired) electrons. The molecule has 4 rings (SSSR count). The summed E-state index contributed by atoms with van der Waals surface area (Å²) in [4.78, 5) is 39.4. The number of hydrogen-bond donors (Lipinski definition) is 0. The standard InChI is InChI=1S/C22H21NO4/c1-14-10-12-15(13-11-14)22(26)27-19-9-5-4-8-18(19)23-20(24)16-6-2-3-7-17(16)21(23)25/h4-5,8-13,16-17H,2-3,6-7H2,1H3/t16-,17-/m0/s1. The van der Waals surface area contributed by atoms with Gasteiger partial charge < -0.3 is 4.74 Å². The van der Waals surface area contributed by atoms with E-state index in [1.165, 1.54) is 4.90 Å². The fourth-order valence-corrected chi connectivity index (χ4v) is 3.98. The van der Waals surface area contributed by atoms with Crippen LogP contribution in [0.3, 0.4) is 0 Å². The number of amides is 2. The van der Waals surface area contributed by atoms with Gasteiger partial charge in [0.1, 0.15) is 0 Å². The van der Waals surface area contributed by atoms with E-state index >= 15 is 0 Å². The van der Waals surface area contributed by atoms with Crippen LogP contribution >= 0.6 is 0 Å². The third-order valence-electron chi connectivity index (χ3n) is 5.44. The summed E-state index contributed by atoms with van der Waals surface area (Å²) in [7, 11) is 0. The molecule has 0 spiro atoms. The lowest BCUT2D eigenvalue weighted by molar-refractivity contribution is -0.122. The molecule has 138 valence electrons. The normalized spacial score (nSPS) is 21.9. The van der Waals surface area contributed by atoms with Crippen molar-refractivity contribution in [2.45, 2.75) is 32.6 Å². The molecule has 1 saturated heterocycles. The van der Waals surface area contributed by atoms with Crippen molar-refractivity contribution in [1.29, 1.82) is 0 Å². The van der Waals surface area contributed by atoms with Gasteiger partial charge in [0, 0.05) is 0 Å². The summed E-state index contributed by atoms with van der Waals surface area (Å²) in [6, 6.07) is 13.8. The van der Waals surface area contributed by atoms with Gasteiger partial charge in [-0.15, -0.1) is 0 Å². The van der Waals surface area contributed by atoms with E-state index in [1.807, 2.05) is 19.1 Å². The highest BCUT2D eigenvalue weighted by atomic mass is 16.5. The lowest BCUT2D eigenvalue weighted by Gasteiger charge is -2.19. The fourth-order valence-electron chi connectivity index (χ4n) is 3.98. The number of para-hydroxylation sites is 2. The van der Waals surface area contributed by atoms with E-state index in [4.69, 9.17) is 4.74 Å². The Morgan fingerprint density at radius 3 is 2.15 bits per heavy atom. The van der Waals surface area contributed by atoms with Gasteiger partial charge in [0.2, 0.25) is 11.8 Å². The number of carbonyl (C=O) groups excluding carboxylic acids is 3. The van der Waals surface area contributed by atoms with Gasteiger partial charge >= 0.3 is 5.97 Å². The first kappa shape index (κ1) is 17.5. The molecule has 2 fully saturated rings. The highest BCUT2D eigenvalue weighted by molar-refractivity contribution is 6.22. The van der Waals surface area contributed by atoms with Crippen LogP contribution < -0.4 is 9.64 Å². The molecule has 0 aromatic heterocycles. The molecule has 0 bridgehead atoms. The van der Waals surface area contributed by atoms with Gasteiger partial charge in [0.05, 0.1) is 23.1 Å². The maximum absolute atomic E-state index is 12.9. The molecular weight excluding hydrogens is 342 g/mol. The zero-order valence-corrected chi connectivity index (χ0v) is 15.2. The molecule has 2 aliphatic rings. The highest BCUT2D eigenvalue weighted by Crippen LogP contribution is 2.42. The Bertz CT molecular complexity index is 879. The summed E-state index contributed by atoms with van der Waals surface area (Å²) >= 11 is 0. The summed E-state index contributed by atoms with van der Waals surface area (Å²) in [6.45, 7) is 1.94. The van der Waals surface area contributed by atoms with Gasteiger partial charge in [-0.3, -0.25) is 9.59 Å². The quantitative estimate of drug-likeness (QED) is 0.471. The Morgan fingerprint density at radius 1 is 0.926 bits per heavy atom. The molecule has 2 aromatic carbocycles. The third kappa shape index (κ3) is 3.14. The van der Waals surface area contributed by atoms with Gasteiger partial charge in [-0.05, 0) is 44.0 Å². The SMILES string of the molecule is Cc1ccc(C(=O)Oc2ccccc2N2C(=O)[C@H]3CCCC[C@@H]3C2=O)cc1. The van der Waals surface area contributed by atoms with Crippen LogP contribution in [0.15, 0.2) is 48.5 Å². The molecular formula is C22H21NO4. The third-order valence-corrected chi connectivity index (χ3v) is 5.44. The summed E-state index contributed by atoms with van der Waals surface area (Å²) < 4.78 is 5.55. The van der Waals surface area contributed by atoms with Crippen LogP contribution in [-0.2, 0) is 9.59 Å². The molecule has 2 aromatic rings. The van der Waals surface area contributed by atoms with Gasteiger partial charge in [-0.1, -0.05) is 42.7 Å². The molecule has 1 heterocycles. The average molecular weight is 363 g/mol. The summed E-state index contributed by atoms with van der Waals surface area (Å²) in [5.74, 6) is -1.13. The van der Waals surface area contributed by atoms with Gasteiger partial charge in [0.15, 0.2) is 5.75 Å². The molecule has 0 unspecified atom stereocenters. The second kappa shape index (κ2) is 6.99. The molecule has 5 nitrogen and oxygen atoms in total. The maximum Gasteiger partial charge on any atom is 0.343 e. The molecule has 0 N–H and O–H groups in total. The van der Waals surface area contributed by atoms with Crippen molar-refractivity contribution in [2.75, 3.05) is 4.90 Å². The molecule has 5 heteroatoms. The predicted octanol–water partition coefficient (Wildman–Crippen LogP) is 3.89. The zero-order chi connectivity index (χ0) is 19.0. The molecule has 2 amide bonds. The van der Waals surface area contributed by atoms with Crippen LogP contribution in [0.1, 0.15) is 41.6 Å². The van der Waals surface area contributed by atoms with Crippen LogP contribution in [0, 0.1) is 18.8 Å². The molecule has 2 atom stereocenters. The van der Waals surface area contributed by atoms with E-state index in [-0.39, 0.29) is 29.4 Å². The highest BCUT2D eigenvalue weighted by Gasteiger charge is 2.49. The minimum atomic E-state index is -0.515. The van der Waals surface area contributed by atoms with E-state index < -0.39 is 5.97 Å². The number of hydrogen-bond acceptors (Lipinski definition) is 4. The van der Waals surface area contributed by atoms with Crippen molar-refractivity contribution in [2.24, 2.45) is 11.8 Å². The van der Waals surface area contributed by atoms with Gasteiger partial charge in [-0.25, -0.2) is 9.69 Å². The predicted molar refractivity (Wildman–Crippen MR) is 101 cm³/mol. The van der Waals surface area contributed by atoms with E-state index in [0.29, 0.717) is 11.3 Å². The first-order valence-electron chi connectivity index (χ1n) is 9.32. The van der Waals surface area contributed by atoms with E-state index in [2.05, 4.69) is 0 Å². The first-order chi connectivity index (χ1) is 13.1. The Balaban J connectivity index is 1.63. The number of imide groups is 1. The zero-order valence-electron chi connectivity index (χ0n) is 15.2. The second-order valence-electron chi connectivity index (χ2n) is 7.23. The molecule has 1 saturated carbocycles. The van der Waals surface area contributed by atoms with Crippen molar-refractivity contribution < 1.29 is 19.1 Å². The number of nitrogens with zero attached hydrogens (tertiary/aromatic N) is 1. The smallest absolute Gasteiger partial charge is 0.343 e. The lowest BCUT2D eigenvalue weighted by Crippen LogP contribution is -2.31. The van der Waals surface area contributed by atoms with E-state index in [1.54, 1.807) is 36.4 Å². The van der Waals surface area contributed by atoms with Crippen molar-refractivity contribution in [3.63, 3.8) is 0 Å². The second-order valence-corrected chi connectivity index (χ2v) is 7.23. The topological polar surface area (TPSA) is 63.7 Å². The van der Waals surface area contributed by atoms with Gasteiger partial charge in [-0.2, -0.15) is 0 Å². The number of fused-ring (bicyclic) bond motifs is 1. The minimum Gasteiger partial charge on any atom is -0.421 e. The number of aryl methyl sites for hydroxylation is 1. The molecule has 1 aliphatic carbocycles. The number of ether oxygens (including phenoxy) is 1. The Hall–Kier alpha value is -2.95. The Labute approximate surface area is 157 Å².